The zero-order valence-electron chi connectivity index (χ0n) is 17.5. The molecule has 2 atom stereocenters. The lowest BCUT2D eigenvalue weighted by Gasteiger charge is -2.34. The number of benzene rings is 2. The molecule has 2 aromatic carbocycles. The lowest BCUT2D eigenvalue weighted by Crippen LogP contribution is -2.44. The molecule has 31 heavy (non-hydrogen) atoms. The van der Waals surface area contributed by atoms with Gasteiger partial charge in [-0.25, -0.2) is 4.39 Å². The molecule has 5 heteroatoms. The first-order chi connectivity index (χ1) is 15.2. The van der Waals surface area contributed by atoms with Gasteiger partial charge in [-0.2, -0.15) is 0 Å². The number of nitrogens with zero attached hydrogens (tertiary/aromatic N) is 2. The van der Waals surface area contributed by atoms with Gasteiger partial charge in [0.15, 0.2) is 0 Å². The van der Waals surface area contributed by atoms with Crippen LogP contribution in [0.2, 0.25) is 0 Å². The van der Waals surface area contributed by atoms with E-state index < -0.39 is 6.17 Å². The van der Waals surface area contributed by atoms with Crippen molar-refractivity contribution < 1.29 is 13.9 Å². The summed E-state index contributed by atoms with van der Waals surface area (Å²) in [4.78, 5) is 18.9. The molecular weight excluding hydrogens is 391 g/mol. The van der Waals surface area contributed by atoms with Crippen molar-refractivity contribution in [1.82, 2.24) is 9.88 Å². The Bertz CT molecular complexity index is 1050. The molecule has 2 saturated heterocycles. The third kappa shape index (κ3) is 4.19. The Kier molecular flexibility index (Phi) is 5.68. The maximum atomic E-state index is 15.3. The number of halogens is 1. The van der Waals surface area contributed by atoms with Gasteiger partial charge < -0.3 is 9.64 Å². The fraction of sp³-hybridized carbons (Fsp3) is 0.385. The minimum absolute atomic E-state index is 0.0540. The number of aromatic nitrogens is 1. The lowest BCUT2D eigenvalue weighted by molar-refractivity contribution is -0.142. The van der Waals surface area contributed by atoms with Crippen molar-refractivity contribution in [2.75, 3.05) is 19.7 Å². The summed E-state index contributed by atoms with van der Waals surface area (Å²) in [5.41, 5.74) is 3.74. The monoisotopic (exact) mass is 418 g/mol. The number of pyridine rings is 1. The normalized spacial score (nSPS) is 20.8. The summed E-state index contributed by atoms with van der Waals surface area (Å²) in [5, 5.41) is 1.09. The molecule has 1 aromatic heterocycles. The summed E-state index contributed by atoms with van der Waals surface area (Å²) in [5.74, 6) is 0.0291. The number of carbonyl (C=O) groups excluding carboxylic acids is 1. The molecule has 0 unspecified atom stereocenters. The Labute approximate surface area is 182 Å². The molecule has 3 aromatic rings. The highest BCUT2D eigenvalue weighted by atomic mass is 19.1. The number of rotatable bonds is 4. The molecule has 0 aliphatic carbocycles. The van der Waals surface area contributed by atoms with Gasteiger partial charge in [0.25, 0.3) is 5.91 Å². The summed E-state index contributed by atoms with van der Waals surface area (Å²) in [7, 11) is 0. The van der Waals surface area contributed by atoms with Crippen LogP contribution in [0.15, 0.2) is 60.8 Å². The van der Waals surface area contributed by atoms with Crippen LogP contribution >= 0.6 is 0 Å². The zero-order valence-corrected chi connectivity index (χ0v) is 17.5. The van der Waals surface area contributed by atoms with E-state index in [1.54, 1.807) is 0 Å². The fourth-order valence-electron chi connectivity index (χ4n) is 4.75. The van der Waals surface area contributed by atoms with Crippen LogP contribution in [0.25, 0.3) is 22.0 Å². The first kappa shape index (κ1) is 20.1. The number of hydrogen-bond donors (Lipinski definition) is 0. The van der Waals surface area contributed by atoms with Gasteiger partial charge in [-0.05, 0) is 54.9 Å². The number of alkyl halides is 1. The molecule has 0 radical (unpaired) electrons. The summed E-state index contributed by atoms with van der Waals surface area (Å²) in [6.45, 7) is 1.90. The van der Waals surface area contributed by atoms with Crippen molar-refractivity contribution in [3.63, 3.8) is 0 Å². The number of fused-ring (bicyclic) bond motifs is 1. The van der Waals surface area contributed by atoms with E-state index in [1.807, 2.05) is 59.6 Å². The topological polar surface area (TPSA) is 42.4 Å². The molecule has 2 fully saturated rings. The minimum atomic E-state index is -1.01. The van der Waals surface area contributed by atoms with Crippen molar-refractivity contribution >= 4 is 16.8 Å². The molecule has 0 spiro atoms. The number of para-hydroxylation sites is 1. The molecule has 2 aliphatic rings. The van der Waals surface area contributed by atoms with E-state index in [0.717, 1.165) is 34.9 Å². The highest BCUT2D eigenvalue weighted by molar-refractivity contribution is 5.83. The molecule has 3 heterocycles. The smallest absolute Gasteiger partial charge is 0.251 e. The van der Waals surface area contributed by atoms with E-state index in [4.69, 9.17) is 4.74 Å². The van der Waals surface area contributed by atoms with Crippen LogP contribution in [-0.2, 0) is 9.53 Å². The minimum Gasteiger partial charge on any atom is -0.368 e. The van der Waals surface area contributed by atoms with E-state index >= 15 is 4.39 Å². The molecule has 4 nitrogen and oxygen atoms in total. The van der Waals surface area contributed by atoms with Gasteiger partial charge in [0, 0.05) is 36.8 Å². The summed E-state index contributed by atoms with van der Waals surface area (Å²) in [6.07, 6.45) is 3.71. The van der Waals surface area contributed by atoms with Crippen LogP contribution in [0, 0.1) is 5.92 Å². The first-order valence-electron chi connectivity index (χ1n) is 11.2. The van der Waals surface area contributed by atoms with E-state index in [1.165, 1.54) is 0 Å². The quantitative estimate of drug-likeness (QED) is 0.575. The number of likely N-dealkylation sites (tertiary alicyclic amines) is 1. The third-order valence-electron chi connectivity index (χ3n) is 6.62. The lowest BCUT2D eigenvalue weighted by atomic mass is 9.87. The molecule has 1 amide bonds. The first-order valence-corrected chi connectivity index (χ1v) is 11.2. The molecule has 0 N–H and O–H groups in total. The van der Waals surface area contributed by atoms with Crippen LogP contribution in [0.3, 0.4) is 0 Å². The second-order valence-corrected chi connectivity index (χ2v) is 8.60. The Morgan fingerprint density at radius 1 is 1.03 bits per heavy atom. The Balaban J connectivity index is 1.23. The molecule has 2 aliphatic heterocycles. The molecule has 0 bridgehead atoms. The van der Waals surface area contributed by atoms with Crippen LogP contribution in [-0.4, -0.2) is 41.6 Å². The van der Waals surface area contributed by atoms with Crippen molar-refractivity contribution in [2.45, 2.75) is 38.0 Å². The maximum Gasteiger partial charge on any atom is 0.251 e. The maximum absolute atomic E-state index is 15.3. The van der Waals surface area contributed by atoms with Crippen LogP contribution < -0.4 is 0 Å². The van der Waals surface area contributed by atoms with Crippen LogP contribution in [0.5, 0.6) is 0 Å². The summed E-state index contributed by atoms with van der Waals surface area (Å²) in [6, 6.07) is 17.9. The summed E-state index contributed by atoms with van der Waals surface area (Å²) >= 11 is 0. The fourth-order valence-corrected chi connectivity index (χ4v) is 4.75. The van der Waals surface area contributed by atoms with E-state index in [-0.39, 0.29) is 17.9 Å². The highest BCUT2D eigenvalue weighted by Gasteiger charge is 2.33. The van der Waals surface area contributed by atoms with E-state index in [0.29, 0.717) is 38.1 Å². The van der Waals surface area contributed by atoms with Gasteiger partial charge in [-0.1, -0.05) is 42.5 Å². The highest BCUT2D eigenvalue weighted by Crippen LogP contribution is 2.35. The predicted octanol–water partition coefficient (Wildman–Crippen LogP) is 5.33. The van der Waals surface area contributed by atoms with Gasteiger partial charge in [0.1, 0.15) is 12.3 Å². The molecular formula is C26H27FN2O2. The Hall–Kier alpha value is -2.79. The van der Waals surface area contributed by atoms with E-state index in [9.17, 15) is 4.79 Å². The van der Waals surface area contributed by atoms with Gasteiger partial charge >= 0.3 is 0 Å². The third-order valence-corrected chi connectivity index (χ3v) is 6.62. The Morgan fingerprint density at radius 2 is 1.81 bits per heavy atom. The van der Waals surface area contributed by atoms with Gasteiger partial charge in [-0.15, -0.1) is 0 Å². The van der Waals surface area contributed by atoms with Crippen LogP contribution in [0.1, 0.15) is 37.4 Å². The molecule has 5 rings (SSSR count). The largest absolute Gasteiger partial charge is 0.368 e. The summed E-state index contributed by atoms with van der Waals surface area (Å²) < 4.78 is 20.8. The van der Waals surface area contributed by atoms with Gasteiger partial charge in [0.2, 0.25) is 0 Å². The number of hydrogen-bond acceptors (Lipinski definition) is 3. The van der Waals surface area contributed by atoms with Crippen molar-refractivity contribution in [3.05, 3.63) is 66.4 Å². The average molecular weight is 419 g/mol. The van der Waals surface area contributed by atoms with Gasteiger partial charge in [0.05, 0.1) is 5.52 Å². The zero-order chi connectivity index (χ0) is 21.2. The van der Waals surface area contributed by atoms with Gasteiger partial charge in [-0.3, -0.25) is 9.78 Å². The number of piperidine rings is 1. The van der Waals surface area contributed by atoms with Crippen molar-refractivity contribution in [3.8, 4) is 11.1 Å². The number of carbonyl (C=O) groups is 1. The number of amides is 1. The average Bonchev–Trinajstić information content (AvgIpc) is 3.38. The van der Waals surface area contributed by atoms with Crippen molar-refractivity contribution in [1.29, 1.82) is 0 Å². The van der Waals surface area contributed by atoms with E-state index in [2.05, 4.69) is 11.1 Å². The van der Waals surface area contributed by atoms with Crippen LogP contribution in [0.4, 0.5) is 4.39 Å². The Morgan fingerprint density at radius 3 is 2.55 bits per heavy atom. The second kappa shape index (κ2) is 8.75. The predicted molar refractivity (Wildman–Crippen MR) is 119 cm³/mol. The second-order valence-electron chi connectivity index (χ2n) is 8.60. The standard InChI is InChI=1S/C26H27FN2O2/c27-25(20-11-13-29(14-12-20)26(30)24-6-3-15-31-24)19-9-7-18(8-10-19)22-16-21-4-1-2-5-23(21)28-17-22/h1-2,4-5,7-10,16-17,20,24-25H,3,6,11-15H2/t24-,25+/m1/s1. The molecule has 160 valence electrons. The molecule has 0 saturated carbocycles. The SMILES string of the molecule is O=C([C@H]1CCCO1)N1CCC([C@@H](F)c2ccc(-c3cnc4ccccc4c3)cc2)CC1. The van der Waals surface area contributed by atoms with Crippen molar-refractivity contribution in [2.24, 2.45) is 5.92 Å². The number of ether oxygens (including phenoxy) is 1.